The molecule has 1 fully saturated rings. The van der Waals surface area contributed by atoms with E-state index in [9.17, 15) is 19.1 Å². The molecule has 0 aromatic heterocycles. The molecule has 1 atom stereocenters. The summed E-state index contributed by atoms with van der Waals surface area (Å²) in [4.78, 5) is 25.2. The number of carbonyl (C=O) groups is 2. The molecule has 5 nitrogen and oxygen atoms in total. The fraction of sp³-hybridized carbons (Fsp3) is 0.467. The number of carboxylic acid groups (broad SMARTS) is 1. The van der Waals surface area contributed by atoms with Gasteiger partial charge in [0.25, 0.3) is 5.91 Å². The Morgan fingerprint density at radius 2 is 2.14 bits per heavy atom. The van der Waals surface area contributed by atoms with Crippen molar-refractivity contribution >= 4 is 11.9 Å². The Bertz CT molecular complexity index is 575. The first-order valence-electron chi connectivity index (χ1n) is 6.91. The number of aliphatic carboxylic acids is 1. The monoisotopic (exact) mass is 295 g/mol. The maximum atomic E-state index is 13.7. The molecule has 6 heteroatoms. The molecule has 1 aliphatic rings. The minimum atomic E-state index is -0.933. The lowest BCUT2D eigenvalue weighted by molar-refractivity contribution is -0.148. The normalized spacial score (nSPS) is 21.5. The number of phenols is 1. The molecule has 1 aromatic rings. The van der Waals surface area contributed by atoms with Crippen LogP contribution in [-0.4, -0.2) is 40.1 Å². The zero-order chi connectivity index (χ0) is 15.6. The maximum Gasteiger partial charge on any atom is 0.311 e. The Hall–Kier alpha value is -2.11. The van der Waals surface area contributed by atoms with Crippen LogP contribution in [0.15, 0.2) is 18.2 Å². The van der Waals surface area contributed by atoms with E-state index in [0.717, 1.165) is 6.07 Å². The van der Waals surface area contributed by atoms with Crippen molar-refractivity contribution < 1.29 is 24.2 Å². The second-order valence-electron chi connectivity index (χ2n) is 5.48. The summed E-state index contributed by atoms with van der Waals surface area (Å²) in [6.07, 6.45) is 1.58. The third kappa shape index (κ3) is 2.84. The summed E-state index contributed by atoms with van der Waals surface area (Å²) in [5.74, 6) is -2.50. The quantitative estimate of drug-likeness (QED) is 0.893. The lowest BCUT2D eigenvalue weighted by Gasteiger charge is -2.24. The topological polar surface area (TPSA) is 77.8 Å². The number of amides is 1. The molecule has 1 unspecified atom stereocenters. The van der Waals surface area contributed by atoms with Gasteiger partial charge in [0.2, 0.25) is 0 Å². The second kappa shape index (κ2) is 5.71. The van der Waals surface area contributed by atoms with Crippen molar-refractivity contribution in [3.05, 3.63) is 29.6 Å². The van der Waals surface area contributed by atoms with Crippen LogP contribution >= 0.6 is 0 Å². The van der Waals surface area contributed by atoms with Crippen molar-refractivity contribution in [1.29, 1.82) is 0 Å². The third-order valence-electron chi connectivity index (χ3n) is 4.01. The molecule has 0 saturated carbocycles. The van der Waals surface area contributed by atoms with Crippen LogP contribution in [0.25, 0.3) is 0 Å². The van der Waals surface area contributed by atoms with Gasteiger partial charge in [-0.25, -0.2) is 4.39 Å². The van der Waals surface area contributed by atoms with Gasteiger partial charge < -0.3 is 15.1 Å². The molecule has 1 heterocycles. The molecule has 1 saturated heterocycles. The molecule has 0 aliphatic carbocycles. The minimum absolute atomic E-state index is 0.0926. The average molecular weight is 295 g/mol. The van der Waals surface area contributed by atoms with Gasteiger partial charge in [-0.1, -0.05) is 13.3 Å². The van der Waals surface area contributed by atoms with Crippen LogP contribution < -0.4 is 0 Å². The molecule has 0 bridgehead atoms. The van der Waals surface area contributed by atoms with Crippen LogP contribution in [0.4, 0.5) is 4.39 Å². The van der Waals surface area contributed by atoms with Gasteiger partial charge in [-0.2, -0.15) is 0 Å². The second-order valence-corrected chi connectivity index (χ2v) is 5.48. The van der Waals surface area contributed by atoms with Gasteiger partial charge in [0.05, 0.1) is 11.0 Å². The highest BCUT2D eigenvalue weighted by Gasteiger charge is 2.45. The maximum absolute atomic E-state index is 13.7. The first-order chi connectivity index (χ1) is 9.89. The number of benzene rings is 1. The van der Waals surface area contributed by atoms with Gasteiger partial charge in [-0.05, 0) is 25.0 Å². The van der Waals surface area contributed by atoms with Crippen molar-refractivity contribution in [2.75, 3.05) is 13.1 Å². The smallest absolute Gasteiger partial charge is 0.311 e. The summed E-state index contributed by atoms with van der Waals surface area (Å²) < 4.78 is 13.7. The SMILES string of the molecule is CCCC1(C(=O)O)CCN(C(=O)c2ccc(O)cc2F)C1. The molecule has 114 valence electrons. The number of likely N-dealkylation sites (tertiary alicyclic amines) is 1. The van der Waals surface area contributed by atoms with Crippen LogP contribution in [0.5, 0.6) is 5.75 Å². The molecule has 21 heavy (non-hydrogen) atoms. The van der Waals surface area contributed by atoms with E-state index in [1.807, 2.05) is 6.92 Å². The fourth-order valence-electron chi connectivity index (χ4n) is 2.86. The summed E-state index contributed by atoms with van der Waals surface area (Å²) in [6, 6.07) is 3.33. The molecule has 1 aromatic carbocycles. The molecule has 0 radical (unpaired) electrons. The standard InChI is InChI=1S/C15H18FNO4/c1-2-5-15(14(20)21)6-7-17(9-15)13(19)11-4-3-10(18)8-12(11)16/h3-4,8,18H,2,5-7,9H2,1H3,(H,20,21). The van der Waals surface area contributed by atoms with Crippen LogP contribution in [-0.2, 0) is 4.79 Å². The van der Waals surface area contributed by atoms with E-state index >= 15 is 0 Å². The summed E-state index contributed by atoms with van der Waals surface area (Å²) >= 11 is 0. The Kier molecular flexibility index (Phi) is 4.16. The number of hydrogen-bond donors (Lipinski definition) is 2. The Morgan fingerprint density at radius 1 is 1.43 bits per heavy atom. The molecule has 2 rings (SSSR count). The van der Waals surface area contributed by atoms with E-state index in [4.69, 9.17) is 5.11 Å². The molecule has 1 amide bonds. The van der Waals surface area contributed by atoms with Crippen LogP contribution in [0.3, 0.4) is 0 Å². The average Bonchev–Trinajstić information content (AvgIpc) is 2.84. The first-order valence-corrected chi connectivity index (χ1v) is 6.91. The predicted molar refractivity (Wildman–Crippen MR) is 73.6 cm³/mol. The molecule has 1 aliphatic heterocycles. The molecule has 0 spiro atoms. The van der Waals surface area contributed by atoms with E-state index in [0.29, 0.717) is 25.8 Å². The number of rotatable bonds is 4. The largest absolute Gasteiger partial charge is 0.508 e. The minimum Gasteiger partial charge on any atom is -0.508 e. The van der Waals surface area contributed by atoms with Crippen molar-refractivity contribution in [3.8, 4) is 5.75 Å². The van der Waals surface area contributed by atoms with E-state index < -0.39 is 23.1 Å². The van der Waals surface area contributed by atoms with Gasteiger partial charge in [-0.3, -0.25) is 9.59 Å². The Balaban J connectivity index is 2.20. The summed E-state index contributed by atoms with van der Waals surface area (Å²) in [5, 5.41) is 18.6. The van der Waals surface area contributed by atoms with Crippen LogP contribution in [0, 0.1) is 11.2 Å². The fourth-order valence-corrected chi connectivity index (χ4v) is 2.86. The molecular formula is C15H18FNO4. The lowest BCUT2D eigenvalue weighted by atomic mass is 9.83. The number of carboxylic acids is 1. The highest BCUT2D eigenvalue weighted by molar-refractivity contribution is 5.95. The number of phenolic OH excluding ortho intramolecular Hbond substituents is 1. The van der Waals surface area contributed by atoms with E-state index in [2.05, 4.69) is 0 Å². The predicted octanol–water partition coefficient (Wildman–Crippen LogP) is 2.25. The van der Waals surface area contributed by atoms with Crippen molar-refractivity contribution in [2.45, 2.75) is 26.2 Å². The Morgan fingerprint density at radius 3 is 2.71 bits per heavy atom. The van der Waals surface area contributed by atoms with Gasteiger partial charge in [0.15, 0.2) is 0 Å². The number of nitrogens with zero attached hydrogens (tertiary/aromatic N) is 1. The summed E-state index contributed by atoms with van der Waals surface area (Å²) in [6.45, 7) is 2.29. The summed E-state index contributed by atoms with van der Waals surface area (Å²) in [5.41, 5.74) is -1.08. The number of halogens is 1. The zero-order valence-electron chi connectivity index (χ0n) is 11.8. The first kappa shape index (κ1) is 15.3. The van der Waals surface area contributed by atoms with Crippen molar-refractivity contribution in [3.63, 3.8) is 0 Å². The number of carbonyl (C=O) groups excluding carboxylic acids is 1. The van der Waals surface area contributed by atoms with E-state index in [1.54, 1.807) is 0 Å². The van der Waals surface area contributed by atoms with Gasteiger partial charge >= 0.3 is 5.97 Å². The number of hydrogen-bond acceptors (Lipinski definition) is 3. The third-order valence-corrected chi connectivity index (χ3v) is 4.01. The molecular weight excluding hydrogens is 277 g/mol. The van der Waals surface area contributed by atoms with Gasteiger partial charge in [-0.15, -0.1) is 0 Å². The van der Waals surface area contributed by atoms with E-state index in [1.165, 1.54) is 17.0 Å². The lowest BCUT2D eigenvalue weighted by Crippen LogP contribution is -2.37. The van der Waals surface area contributed by atoms with E-state index in [-0.39, 0.29) is 17.9 Å². The van der Waals surface area contributed by atoms with Crippen LogP contribution in [0.2, 0.25) is 0 Å². The van der Waals surface area contributed by atoms with Gasteiger partial charge in [0.1, 0.15) is 11.6 Å². The molecule has 2 N–H and O–H groups in total. The van der Waals surface area contributed by atoms with Crippen molar-refractivity contribution in [1.82, 2.24) is 4.90 Å². The Labute approximate surface area is 122 Å². The highest BCUT2D eigenvalue weighted by Crippen LogP contribution is 2.36. The van der Waals surface area contributed by atoms with Gasteiger partial charge in [0, 0.05) is 19.2 Å². The number of aromatic hydroxyl groups is 1. The summed E-state index contributed by atoms with van der Waals surface area (Å²) in [7, 11) is 0. The zero-order valence-corrected chi connectivity index (χ0v) is 11.8. The van der Waals surface area contributed by atoms with Crippen LogP contribution in [0.1, 0.15) is 36.5 Å². The highest BCUT2D eigenvalue weighted by atomic mass is 19.1. The van der Waals surface area contributed by atoms with Crippen molar-refractivity contribution in [2.24, 2.45) is 5.41 Å².